The number of rotatable bonds is 2. The van der Waals surface area contributed by atoms with E-state index in [2.05, 4.69) is 56.7 Å². The van der Waals surface area contributed by atoms with Gasteiger partial charge in [-0.25, -0.2) is 0 Å². The third-order valence-electron chi connectivity index (χ3n) is 3.07. The van der Waals surface area contributed by atoms with Gasteiger partial charge in [-0.2, -0.15) is 0 Å². The molecule has 0 aromatic carbocycles. The molecule has 0 aliphatic heterocycles. The maximum atomic E-state index is 3.80. The Kier molecular flexibility index (Phi) is 3.84. The lowest BCUT2D eigenvalue weighted by Crippen LogP contribution is -2.46. The van der Waals surface area contributed by atoms with Crippen LogP contribution < -0.4 is 0 Å². The molecule has 1 unspecified atom stereocenters. The summed E-state index contributed by atoms with van der Waals surface area (Å²) in [5, 5.41) is 0.511. The van der Waals surface area contributed by atoms with Crippen LogP contribution >= 0.6 is 15.9 Å². The van der Waals surface area contributed by atoms with E-state index in [0.717, 1.165) is 4.45 Å². The number of hydrogen-bond acceptors (Lipinski definition) is 0. The third kappa shape index (κ3) is 2.58. The quantitative estimate of drug-likeness (QED) is 0.498. The van der Waals surface area contributed by atoms with Gasteiger partial charge < -0.3 is 0 Å². The highest BCUT2D eigenvalue weighted by molar-refractivity contribution is 9.10. The first-order chi connectivity index (χ1) is 4.73. The zero-order valence-electron chi connectivity index (χ0n) is 8.66. The van der Waals surface area contributed by atoms with E-state index in [9.17, 15) is 0 Å². The Morgan fingerprint density at radius 3 is 1.73 bits per heavy atom. The minimum Gasteiger partial charge on any atom is -0.0925 e. The fourth-order valence-electron chi connectivity index (χ4n) is 0.980. The lowest BCUT2D eigenvalue weighted by atomic mass is 10.2. The monoisotopic (exact) mass is 236 g/mol. The Bertz CT molecular complexity index is 124. The molecule has 0 rings (SSSR count). The summed E-state index contributed by atoms with van der Waals surface area (Å²) in [6.07, 6.45) is 1.26. The van der Waals surface area contributed by atoms with Crippen LogP contribution in [0, 0.1) is 0 Å². The largest absolute Gasteiger partial charge is 0.0925 e. The van der Waals surface area contributed by atoms with Crippen molar-refractivity contribution in [2.24, 2.45) is 0 Å². The van der Waals surface area contributed by atoms with Crippen molar-refractivity contribution in [3.05, 3.63) is 0 Å². The predicted molar refractivity (Wildman–Crippen MR) is 60.2 cm³/mol. The topological polar surface area (TPSA) is 0 Å². The second-order valence-electron chi connectivity index (χ2n) is 4.85. The van der Waals surface area contributed by atoms with Crippen molar-refractivity contribution in [1.29, 1.82) is 0 Å². The Balaban J connectivity index is 4.45. The fourth-order valence-corrected chi connectivity index (χ4v) is 5.00. The molecule has 0 amide bonds. The zero-order valence-corrected chi connectivity index (χ0v) is 11.2. The van der Waals surface area contributed by atoms with Gasteiger partial charge in [-0.15, -0.1) is 0 Å². The van der Waals surface area contributed by atoms with E-state index < -0.39 is 8.07 Å². The molecule has 0 bridgehead atoms. The lowest BCUT2D eigenvalue weighted by Gasteiger charge is -2.40. The summed E-state index contributed by atoms with van der Waals surface area (Å²) in [4.78, 5) is 0. The normalized spacial score (nSPS) is 16.6. The maximum Gasteiger partial charge on any atom is 0.0678 e. The van der Waals surface area contributed by atoms with Gasteiger partial charge in [0, 0.05) is 4.45 Å². The summed E-state index contributed by atoms with van der Waals surface area (Å²) >= 11 is 3.80. The molecule has 68 valence electrons. The molecule has 0 aliphatic carbocycles. The van der Waals surface area contributed by atoms with E-state index >= 15 is 0 Å². The molecule has 2 heteroatoms. The molecule has 0 spiro atoms. The Morgan fingerprint density at radius 1 is 1.27 bits per heavy atom. The first-order valence-corrected chi connectivity index (χ1v) is 8.37. The molecule has 0 N–H and O–H groups in total. The zero-order chi connectivity index (χ0) is 9.28. The van der Waals surface area contributed by atoms with Gasteiger partial charge in [0.15, 0.2) is 0 Å². The van der Waals surface area contributed by atoms with Crippen molar-refractivity contribution in [2.75, 3.05) is 0 Å². The Hall–Kier alpha value is 0.697. The third-order valence-corrected chi connectivity index (χ3v) is 13.0. The summed E-state index contributed by atoms with van der Waals surface area (Å²) in [6, 6.07) is 0. The van der Waals surface area contributed by atoms with Gasteiger partial charge >= 0.3 is 0 Å². The molecule has 0 heterocycles. The lowest BCUT2D eigenvalue weighted by molar-refractivity contribution is 0.706. The molecule has 0 fully saturated rings. The van der Waals surface area contributed by atoms with E-state index in [-0.39, 0.29) is 0 Å². The van der Waals surface area contributed by atoms with Crippen LogP contribution in [-0.4, -0.2) is 12.5 Å². The molecule has 0 saturated carbocycles. The summed E-state index contributed by atoms with van der Waals surface area (Å²) in [6.45, 7) is 14.3. The van der Waals surface area contributed by atoms with Crippen LogP contribution in [0.3, 0.4) is 0 Å². The van der Waals surface area contributed by atoms with E-state index in [1.807, 2.05) is 0 Å². The summed E-state index contributed by atoms with van der Waals surface area (Å²) in [5.74, 6) is 0. The first kappa shape index (κ1) is 11.7. The minimum atomic E-state index is -1.09. The van der Waals surface area contributed by atoms with Crippen molar-refractivity contribution < 1.29 is 0 Å². The van der Waals surface area contributed by atoms with Crippen LogP contribution in [0.1, 0.15) is 34.1 Å². The second kappa shape index (κ2) is 3.61. The van der Waals surface area contributed by atoms with Crippen molar-refractivity contribution in [3.8, 4) is 0 Å². The average molecular weight is 237 g/mol. The second-order valence-corrected chi connectivity index (χ2v) is 12.4. The van der Waals surface area contributed by atoms with E-state index in [0.29, 0.717) is 5.04 Å². The van der Waals surface area contributed by atoms with Gasteiger partial charge in [0.05, 0.1) is 8.07 Å². The van der Waals surface area contributed by atoms with E-state index in [1.54, 1.807) is 0 Å². The Labute approximate surface area is 80.9 Å². The van der Waals surface area contributed by atoms with Crippen molar-refractivity contribution in [2.45, 2.75) is 56.7 Å². The maximum absolute atomic E-state index is 3.80. The predicted octanol–water partition coefficient (Wildman–Crippen LogP) is 4.21. The van der Waals surface area contributed by atoms with Crippen LogP contribution in [0.5, 0.6) is 0 Å². The molecular formula is C9H21BrSi. The molecule has 0 aromatic heterocycles. The van der Waals surface area contributed by atoms with Gasteiger partial charge in [0.25, 0.3) is 0 Å². The van der Waals surface area contributed by atoms with Crippen LogP contribution in [0.4, 0.5) is 0 Å². The molecule has 0 aliphatic rings. The van der Waals surface area contributed by atoms with Crippen molar-refractivity contribution >= 4 is 24.0 Å². The number of halogens is 1. The minimum absolute atomic E-state index is 0.511. The molecular weight excluding hydrogens is 216 g/mol. The van der Waals surface area contributed by atoms with Crippen molar-refractivity contribution in [3.63, 3.8) is 0 Å². The highest BCUT2D eigenvalue weighted by Crippen LogP contribution is 2.41. The molecule has 11 heavy (non-hydrogen) atoms. The number of alkyl halides is 1. The first-order valence-electron chi connectivity index (χ1n) is 4.37. The molecule has 0 nitrogen and oxygen atoms in total. The number of hydrogen-bond donors (Lipinski definition) is 0. The summed E-state index contributed by atoms with van der Waals surface area (Å²) in [5.41, 5.74) is 0. The van der Waals surface area contributed by atoms with Gasteiger partial charge in [-0.05, 0) is 11.5 Å². The van der Waals surface area contributed by atoms with E-state index in [4.69, 9.17) is 0 Å². The Morgan fingerprint density at radius 2 is 1.64 bits per heavy atom. The van der Waals surface area contributed by atoms with Crippen molar-refractivity contribution in [1.82, 2.24) is 0 Å². The van der Waals surface area contributed by atoms with Gasteiger partial charge in [0.1, 0.15) is 0 Å². The molecule has 0 saturated heterocycles. The SMILES string of the molecule is CCC(Br)[Si](C)(C)C(C)(C)C. The van der Waals surface area contributed by atoms with Gasteiger partial charge in [-0.3, -0.25) is 0 Å². The highest BCUT2D eigenvalue weighted by atomic mass is 79.9. The van der Waals surface area contributed by atoms with Crippen LogP contribution in [0.2, 0.25) is 18.1 Å². The molecule has 0 radical (unpaired) electrons. The fraction of sp³-hybridized carbons (Fsp3) is 1.00. The van der Waals surface area contributed by atoms with Gasteiger partial charge in [0.2, 0.25) is 0 Å². The highest BCUT2D eigenvalue weighted by Gasteiger charge is 2.39. The van der Waals surface area contributed by atoms with E-state index in [1.165, 1.54) is 6.42 Å². The molecule has 1 atom stereocenters. The van der Waals surface area contributed by atoms with Crippen LogP contribution in [-0.2, 0) is 0 Å². The standard InChI is InChI=1S/C9H21BrSi/c1-7-8(10)11(5,6)9(2,3)4/h8H,7H2,1-6H3. The molecule has 0 aromatic rings. The van der Waals surface area contributed by atoms with Gasteiger partial charge in [-0.1, -0.05) is 56.7 Å². The van der Waals surface area contributed by atoms with Crippen LogP contribution in [0.15, 0.2) is 0 Å². The summed E-state index contributed by atoms with van der Waals surface area (Å²) < 4.78 is 0.759. The average Bonchev–Trinajstić information content (AvgIpc) is 1.83. The van der Waals surface area contributed by atoms with Crippen LogP contribution in [0.25, 0.3) is 0 Å². The summed E-state index contributed by atoms with van der Waals surface area (Å²) in [7, 11) is -1.09. The smallest absolute Gasteiger partial charge is 0.0678 e.